The molecule has 0 amide bonds. The topological polar surface area (TPSA) is 60.5 Å². The maximum Gasteiger partial charge on any atom is 0.124 e. The number of nitrogens with zero attached hydrogens (tertiary/aromatic N) is 3. The average molecular weight is 438 g/mol. The molecule has 4 heteroatoms. The van der Waals surface area contributed by atoms with Crippen molar-refractivity contribution in [3.63, 3.8) is 0 Å². The molecule has 0 spiro atoms. The van der Waals surface area contributed by atoms with E-state index >= 15 is 0 Å². The zero-order valence-electron chi connectivity index (χ0n) is 17.4. The minimum atomic E-state index is 0.594. The lowest BCUT2D eigenvalue weighted by molar-refractivity contribution is 1.45. The van der Waals surface area contributed by atoms with Crippen LogP contribution in [0.15, 0.2) is 91.0 Å². The first-order chi connectivity index (χ1) is 16.2. The highest BCUT2D eigenvalue weighted by Gasteiger charge is 2.13. The van der Waals surface area contributed by atoms with E-state index < -0.39 is 0 Å². The Morgan fingerprint density at radius 2 is 1.36 bits per heavy atom. The SMILES string of the molecule is N#Cc1cc(-c2nc3ccc(C#N)cc3s2)cc(-c2cc3ccccc3c3ccccc23)c1. The molecule has 0 aliphatic carbocycles. The van der Waals surface area contributed by atoms with E-state index in [0.717, 1.165) is 37.3 Å². The number of benzene rings is 5. The summed E-state index contributed by atoms with van der Waals surface area (Å²) in [5.74, 6) is 0. The molecule has 0 aliphatic rings. The van der Waals surface area contributed by atoms with Gasteiger partial charge in [-0.3, -0.25) is 0 Å². The molecule has 5 aromatic carbocycles. The van der Waals surface area contributed by atoms with Crippen molar-refractivity contribution in [2.45, 2.75) is 0 Å². The van der Waals surface area contributed by atoms with Crippen LogP contribution < -0.4 is 0 Å². The van der Waals surface area contributed by atoms with Gasteiger partial charge < -0.3 is 0 Å². The van der Waals surface area contributed by atoms with Gasteiger partial charge in [0.2, 0.25) is 0 Å². The van der Waals surface area contributed by atoms with E-state index in [-0.39, 0.29) is 0 Å². The van der Waals surface area contributed by atoms with Gasteiger partial charge >= 0.3 is 0 Å². The van der Waals surface area contributed by atoms with Crippen LogP contribution in [0, 0.1) is 22.7 Å². The van der Waals surface area contributed by atoms with E-state index in [9.17, 15) is 10.5 Å². The Morgan fingerprint density at radius 3 is 2.18 bits per heavy atom. The van der Waals surface area contributed by atoms with Gasteiger partial charge in [0, 0.05) is 5.56 Å². The normalized spacial score (nSPS) is 11.0. The molecule has 0 unspecified atom stereocenters. The molecule has 33 heavy (non-hydrogen) atoms. The number of hydrogen-bond donors (Lipinski definition) is 0. The van der Waals surface area contributed by atoms with Gasteiger partial charge in [-0.2, -0.15) is 10.5 Å². The number of rotatable bonds is 2. The summed E-state index contributed by atoms with van der Waals surface area (Å²) in [6.07, 6.45) is 0. The lowest BCUT2D eigenvalue weighted by Gasteiger charge is -2.12. The van der Waals surface area contributed by atoms with Crippen LogP contribution in [0.25, 0.3) is 53.5 Å². The van der Waals surface area contributed by atoms with Gasteiger partial charge in [-0.05, 0) is 75.1 Å². The van der Waals surface area contributed by atoms with E-state index in [2.05, 4.69) is 72.8 Å². The van der Waals surface area contributed by atoms with Gasteiger partial charge in [0.05, 0.1) is 33.5 Å². The molecule has 6 aromatic rings. The second kappa shape index (κ2) is 7.57. The molecule has 3 nitrogen and oxygen atoms in total. The van der Waals surface area contributed by atoms with Crippen molar-refractivity contribution >= 4 is 43.1 Å². The van der Waals surface area contributed by atoms with Gasteiger partial charge in [0.15, 0.2) is 0 Å². The fraction of sp³-hybridized carbons (Fsp3) is 0. The molecule has 0 aliphatic heterocycles. The second-order valence-corrected chi connectivity index (χ2v) is 8.95. The lowest BCUT2D eigenvalue weighted by Crippen LogP contribution is -1.88. The molecule has 0 radical (unpaired) electrons. The van der Waals surface area contributed by atoms with E-state index in [1.807, 2.05) is 24.3 Å². The van der Waals surface area contributed by atoms with Crippen LogP contribution in [0.2, 0.25) is 0 Å². The third kappa shape index (κ3) is 3.22. The number of hydrogen-bond acceptors (Lipinski definition) is 4. The molecule has 0 fully saturated rings. The van der Waals surface area contributed by atoms with Gasteiger partial charge in [-0.1, -0.05) is 48.5 Å². The molecule has 0 atom stereocenters. The van der Waals surface area contributed by atoms with Crippen molar-refractivity contribution in [1.29, 1.82) is 10.5 Å². The van der Waals surface area contributed by atoms with Crippen LogP contribution in [-0.4, -0.2) is 4.98 Å². The fourth-order valence-corrected chi connectivity index (χ4v) is 5.37. The number of fused-ring (bicyclic) bond motifs is 4. The highest BCUT2D eigenvalue weighted by molar-refractivity contribution is 7.21. The number of aromatic nitrogens is 1. The highest BCUT2D eigenvalue weighted by atomic mass is 32.1. The Morgan fingerprint density at radius 1 is 0.636 bits per heavy atom. The fourth-order valence-electron chi connectivity index (χ4n) is 4.38. The molecule has 6 rings (SSSR count). The first kappa shape index (κ1) is 19.2. The van der Waals surface area contributed by atoms with Crippen molar-refractivity contribution in [3.05, 3.63) is 102 Å². The lowest BCUT2D eigenvalue weighted by atomic mass is 9.92. The Bertz CT molecular complexity index is 1800. The highest BCUT2D eigenvalue weighted by Crippen LogP contribution is 2.38. The summed E-state index contributed by atoms with van der Waals surface area (Å²) in [7, 11) is 0. The third-order valence-electron chi connectivity index (χ3n) is 5.91. The summed E-state index contributed by atoms with van der Waals surface area (Å²) >= 11 is 1.54. The molecule has 0 saturated carbocycles. The van der Waals surface area contributed by atoms with Crippen LogP contribution in [0.4, 0.5) is 0 Å². The van der Waals surface area contributed by atoms with Crippen molar-refractivity contribution in [3.8, 4) is 33.8 Å². The Labute approximate surface area is 194 Å². The maximum absolute atomic E-state index is 9.77. The van der Waals surface area contributed by atoms with E-state index in [1.54, 1.807) is 6.07 Å². The Hall–Kier alpha value is -4.51. The summed E-state index contributed by atoms with van der Waals surface area (Å²) in [4.78, 5) is 4.78. The largest absolute Gasteiger partial charge is 0.236 e. The van der Waals surface area contributed by atoms with E-state index in [1.165, 1.54) is 27.5 Å². The van der Waals surface area contributed by atoms with Gasteiger partial charge in [0.1, 0.15) is 5.01 Å². The monoisotopic (exact) mass is 437 g/mol. The number of thiazole rings is 1. The predicted octanol–water partition coefficient (Wildman–Crippen LogP) is 7.68. The summed E-state index contributed by atoms with van der Waals surface area (Å²) < 4.78 is 0.962. The van der Waals surface area contributed by atoms with E-state index in [0.29, 0.717) is 11.1 Å². The van der Waals surface area contributed by atoms with Crippen molar-refractivity contribution < 1.29 is 0 Å². The molecule has 1 heterocycles. The quantitative estimate of drug-likeness (QED) is 0.261. The van der Waals surface area contributed by atoms with Crippen LogP contribution in [0.3, 0.4) is 0 Å². The predicted molar refractivity (Wildman–Crippen MR) is 135 cm³/mol. The van der Waals surface area contributed by atoms with E-state index in [4.69, 9.17) is 4.98 Å². The molecular weight excluding hydrogens is 422 g/mol. The van der Waals surface area contributed by atoms with Crippen molar-refractivity contribution in [2.75, 3.05) is 0 Å². The zero-order valence-corrected chi connectivity index (χ0v) is 18.2. The third-order valence-corrected chi connectivity index (χ3v) is 6.97. The first-order valence-electron chi connectivity index (χ1n) is 10.5. The average Bonchev–Trinajstić information content (AvgIpc) is 3.31. The van der Waals surface area contributed by atoms with Crippen LogP contribution in [-0.2, 0) is 0 Å². The minimum absolute atomic E-state index is 0.594. The van der Waals surface area contributed by atoms with Crippen LogP contribution in [0.1, 0.15) is 11.1 Å². The van der Waals surface area contributed by atoms with Crippen LogP contribution in [0.5, 0.6) is 0 Å². The summed E-state index contributed by atoms with van der Waals surface area (Å²) in [5, 5.41) is 24.5. The Kier molecular flexibility index (Phi) is 4.40. The second-order valence-electron chi connectivity index (χ2n) is 7.92. The maximum atomic E-state index is 9.77. The summed E-state index contributed by atoms with van der Waals surface area (Å²) in [6, 6.07) is 35.0. The smallest absolute Gasteiger partial charge is 0.124 e. The number of nitriles is 2. The minimum Gasteiger partial charge on any atom is -0.236 e. The van der Waals surface area contributed by atoms with Gasteiger partial charge in [-0.25, -0.2) is 4.98 Å². The molecule has 0 bridgehead atoms. The van der Waals surface area contributed by atoms with Gasteiger partial charge in [-0.15, -0.1) is 11.3 Å². The molecule has 0 N–H and O–H groups in total. The van der Waals surface area contributed by atoms with Gasteiger partial charge in [0.25, 0.3) is 0 Å². The standard InChI is InChI=1S/C29H15N3S/c30-16-18-9-10-27-28(13-18)33-29(32-27)22-12-19(17-31)11-21(14-22)26-15-20-5-1-2-6-23(20)24-7-3-4-8-25(24)26/h1-15H. The van der Waals surface area contributed by atoms with Crippen molar-refractivity contribution in [2.24, 2.45) is 0 Å². The molecule has 0 saturated heterocycles. The first-order valence-corrected chi connectivity index (χ1v) is 11.3. The summed E-state index contributed by atoms with van der Waals surface area (Å²) in [5.41, 5.74) is 5.05. The molecular formula is C29H15N3S. The van der Waals surface area contributed by atoms with Crippen molar-refractivity contribution in [1.82, 2.24) is 4.98 Å². The molecule has 152 valence electrons. The zero-order chi connectivity index (χ0) is 22.4. The molecule has 1 aromatic heterocycles. The van der Waals surface area contributed by atoms with Crippen LogP contribution >= 0.6 is 11.3 Å². The summed E-state index contributed by atoms with van der Waals surface area (Å²) in [6.45, 7) is 0. The Balaban J connectivity index is 1.61.